The van der Waals surface area contributed by atoms with Crippen LogP contribution in [0.5, 0.6) is 0 Å². The first-order chi connectivity index (χ1) is 9.09. The van der Waals surface area contributed by atoms with Crippen LogP contribution in [0.25, 0.3) is 0 Å². The number of amides is 1. The average molecular weight is 309 g/mol. The predicted octanol–water partition coefficient (Wildman–Crippen LogP) is 0.494. The summed E-state index contributed by atoms with van der Waals surface area (Å²) in [5.41, 5.74) is -0.981. The molecule has 0 aliphatic carbocycles. The lowest BCUT2D eigenvalue weighted by atomic mass is 10.3. The minimum atomic E-state index is -4.57. The summed E-state index contributed by atoms with van der Waals surface area (Å²) < 4.78 is 59.4. The molecule has 2 N–H and O–H groups in total. The zero-order valence-electron chi connectivity index (χ0n) is 9.96. The van der Waals surface area contributed by atoms with Gasteiger partial charge >= 0.3 is 6.18 Å². The number of hydrogen-bond donors (Lipinski definition) is 1. The summed E-state index contributed by atoms with van der Waals surface area (Å²) >= 11 is 0. The van der Waals surface area contributed by atoms with E-state index in [-0.39, 0.29) is 18.7 Å². The first-order valence-corrected chi connectivity index (χ1v) is 7.05. The summed E-state index contributed by atoms with van der Waals surface area (Å²) in [4.78, 5) is 15.9. The van der Waals surface area contributed by atoms with E-state index in [0.29, 0.717) is 0 Å². The number of hydrogen-bond acceptors (Lipinski definition) is 4. The van der Waals surface area contributed by atoms with Crippen LogP contribution in [0.3, 0.4) is 0 Å². The van der Waals surface area contributed by atoms with Gasteiger partial charge in [-0.2, -0.15) is 13.2 Å². The number of halogens is 3. The summed E-state index contributed by atoms with van der Waals surface area (Å²) in [7, 11) is -3.87. The molecule has 20 heavy (non-hydrogen) atoms. The highest BCUT2D eigenvalue weighted by Crippen LogP contribution is 2.29. The van der Waals surface area contributed by atoms with Crippen LogP contribution in [-0.2, 0) is 21.0 Å². The number of carbonyl (C=O) groups excluding carboxylic acids is 1. The summed E-state index contributed by atoms with van der Waals surface area (Å²) in [6, 6.07) is 1.80. The number of pyridine rings is 1. The number of primary sulfonamides is 1. The molecular formula is C10H10F3N3O3S. The van der Waals surface area contributed by atoms with Crippen molar-refractivity contribution in [2.75, 3.05) is 11.4 Å². The average Bonchev–Trinajstić information content (AvgIpc) is 2.70. The van der Waals surface area contributed by atoms with E-state index in [1.54, 1.807) is 0 Å². The number of nitrogens with two attached hydrogens (primary N) is 1. The Balaban J connectivity index is 2.23. The van der Waals surface area contributed by atoms with Gasteiger partial charge in [-0.3, -0.25) is 4.79 Å². The van der Waals surface area contributed by atoms with Crippen molar-refractivity contribution in [2.45, 2.75) is 17.8 Å². The van der Waals surface area contributed by atoms with Crippen LogP contribution >= 0.6 is 0 Å². The maximum Gasteiger partial charge on any atom is 0.433 e. The Morgan fingerprint density at radius 1 is 1.35 bits per heavy atom. The molecule has 1 unspecified atom stereocenters. The fraction of sp³-hybridized carbons (Fsp3) is 0.400. The molecule has 0 aromatic carbocycles. The molecule has 6 nitrogen and oxygen atoms in total. The van der Waals surface area contributed by atoms with Gasteiger partial charge in [0.2, 0.25) is 15.9 Å². The van der Waals surface area contributed by atoms with E-state index in [1.165, 1.54) is 0 Å². The third-order valence-corrected chi connectivity index (χ3v) is 4.15. The number of sulfonamides is 1. The molecule has 1 aromatic rings. The Labute approximate surface area is 112 Å². The molecule has 1 aliphatic heterocycles. The molecule has 1 amide bonds. The monoisotopic (exact) mass is 309 g/mol. The molecule has 1 saturated heterocycles. The lowest BCUT2D eigenvalue weighted by molar-refractivity contribution is -0.141. The summed E-state index contributed by atoms with van der Waals surface area (Å²) in [6.07, 6.45) is -3.98. The molecule has 2 heterocycles. The van der Waals surface area contributed by atoms with Gasteiger partial charge in [0, 0.05) is 13.0 Å². The standard InChI is InChI=1S/C10H10F3N3O3S/c11-10(12,13)8-2-1-6(4-15-8)16-5-7(3-9(16)17)20(14,18)19/h1-2,4,7H,3,5H2,(H2,14,18,19). The predicted molar refractivity (Wildman–Crippen MR) is 63.1 cm³/mol. The maximum atomic E-state index is 12.4. The second-order valence-corrected chi connectivity index (χ2v) is 6.16. The fourth-order valence-corrected chi connectivity index (χ4v) is 2.59. The zero-order valence-corrected chi connectivity index (χ0v) is 10.8. The van der Waals surface area contributed by atoms with Gasteiger partial charge in [0.05, 0.1) is 11.9 Å². The molecular weight excluding hydrogens is 299 g/mol. The zero-order chi connectivity index (χ0) is 15.1. The molecule has 1 aromatic heterocycles. The van der Waals surface area contributed by atoms with Crippen molar-refractivity contribution in [3.8, 4) is 0 Å². The third kappa shape index (κ3) is 2.90. The Bertz CT molecular complexity index is 627. The largest absolute Gasteiger partial charge is 0.433 e. The topological polar surface area (TPSA) is 93.4 Å². The number of carbonyl (C=O) groups is 1. The number of alkyl halides is 3. The Morgan fingerprint density at radius 3 is 2.40 bits per heavy atom. The van der Waals surface area contributed by atoms with Crippen molar-refractivity contribution in [1.29, 1.82) is 0 Å². The highest BCUT2D eigenvalue weighted by atomic mass is 32.2. The fourth-order valence-electron chi connectivity index (χ4n) is 1.86. The van der Waals surface area contributed by atoms with Crippen molar-refractivity contribution >= 4 is 21.6 Å². The second kappa shape index (κ2) is 4.70. The molecule has 0 saturated carbocycles. The van der Waals surface area contributed by atoms with Crippen LogP contribution in [-0.4, -0.2) is 31.1 Å². The van der Waals surface area contributed by atoms with Crippen molar-refractivity contribution < 1.29 is 26.4 Å². The molecule has 2 rings (SSSR count). The van der Waals surface area contributed by atoms with E-state index < -0.39 is 33.1 Å². The first kappa shape index (κ1) is 14.7. The summed E-state index contributed by atoms with van der Waals surface area (Å²) in [5, 5.41) is 3.90. The molecule has 1 aliphatic rings. The van der Waals surface area contributed by atoms with Crippen LogP contribution in [0, 0.1) is 0 Å². The van der Waals surface area contributed by atoms with E-state index in [2.05, 4.69) is 4.98 Å². The summed E-state index contributed by atoms with van der Waals surface area (Å²) in [5.74, 6) is -0.523. The number of rotatable bonds is 2. The van der Waals surface area contributed by atoms with Gasteiger partial charge in [0.25, 0.3) is 0 Å². The van der Waals surface area contributed by atoms with E-state index in [1.807, 2.05) is 0 Å². The van der Waals surface area contributed by atoms with Gasteiger partial charge in [0.1, 0.15) is 10.9 Å². The molecule has 0 bridgehead atoms. The van der Waals surface area contributed by atoms with Gasteiger partial charge in [-0.1, -0.05) is 0 Å². The van der Waals surface area contributed by atoms with Crippen LogP contribution < -0.4 is 10.0 Å². The molecule has 10 heteroatoms. The van der Waals surface area contributed by atoms with Gasteiger partial charge < -0.3 is 4.90 Å². The van der Waals surface area contributed by atoms with Gasteiger partial charge in [0.15, 0.2) is 0 Å². The van der Waals surface area contributed by atoms with Crippen molar-refractivity contribution in [2.24, 2.45) is 5.14 Å². The molecule has 0 radical (unpaired) electrons. The van der Waals surface area contributed by atoms with Crippen molar-refractivity contribution in [3.05, 3.63) is 24.0 Å². The minimum Gasteiger partial charge on any atom is -0.309 e. The van der Waals surface area contributed by atoms with Crippen molar-refractivity contribution in [3.63, 3.8) is 0 Å². The highest BCUT2D eigenvalue weighted by molar-refractivity contribution is 7.89. The second-order valence-electron chi connectivity index (χ2n) is 4.32. The van der Waals surface area contributed by atoms with Crippen molar-refractivity contribution in [1.82, 2.24) is 4.98 Å². The van der Waals surface area contributed by atoms with E-state index >= 15 is 0 Å². The lowest BCUT2D eigenvalue weighted by Crippen LogP contribution is -2.32. The Morgan fingerprint density at radius 2 is 2.00 bits per heavy atom. The molecule has 110 valence electrons. The van der Waals surface area contributed by atoms with Crippen LogP contribution in [0.15, 0.2) is 18.3 Å². The Hall–Kier alpha value is -1.68. The number of aromatic nitrogens is 1. The molecule has 0 spiro atoms. The van der Waals surface area contributed by atoms with Gasteiger partial charge in [-0.25, -0.2) is 18.5 Å². The van der Waals surface area contributed by atoms with E-state index in [0.717, 1.165) is 23.2 Å². The maximum absolute atomic E-state index is 12.4. The SMILES string of the molecule is NS(=O)(=O)C1CC(=O)N(c2ccc(C(F)(F)F)nc2)C1. The summed E-state index contributed by atoms with van der Waals surface area (Å²) in [6.45, 7) is -0.190. The van der Waals surface area contributed by atoms with Crippen LogP contribution in [0.2, 0.25) is 0 Å². The van der Waals surface area contributed by atoms with Crippen LogP contribution in [0.4, 0.5) is 18.9 Å². The number of anilines is 1. The molecule has 1 atom stereocenters. The van der Waals surface area contributed by atoms with E-state index in [9.17, 15) is 26.4 Å². The highest BCUT2D eigenvalue weighted by Gasteiger charge is 2.38. The van der Waals surface area contributed by atoms with Crippen LogP contribution in [0.1, 0.15) is 12.1 Å². The quantitative estimate of drug-likeness (QED) is 0.860. The van der Waals surface area contributed by atoms with Gasteiger partial charge in [-0.05, 0) is 12.1 Å². The third-order valence-electron chi connectivity index (χ3n) is 2.90. The number of nitrogens with zero attached hydrogens (tertiary/aromatic N) is 2. The Kier molecular flexibility index (Phi) is 3.46. The normalized spacial score (nSPS) is 20.5. The first-order valence-electron chi connectivity index (χ1n) is 5.44. The van der Waals surface area contributed by atoms with E-state index in [4.69, 9.17) is 5.14 Å². The lowest BCUT2D eigenvalue weighted by Gasteiger charge is -2.16. The van der Waals surface area contributed by atoms with Gasteiger partial charge in [-0.15, -0.1) is 0 Å². The molecule has 1 fully saturated rings. The smallest absolute Gasteiger partial charge is 0.309 e. The minimum absolute atomic E-state index is 0.106.